The number of nitrogens with one attached hydrogen (secondary N) is 3. The Balaban J connectivity index is 1.10. The first-order valence-corrected chi connectivity index (χ1v) is 12.3. The maximum Gasteiger partial charge on any atom is 0.234 e. The number of carbonyl (C=O) groups excluding carboxylic acids is 2. The third kappa shape index (κ3) is 5.38. The number of hydrogen-bond acceptors (Lipinski definition) is 7. The molecular formula is C23H25ClN4O4S. The van der Waals surface area contributed by atoms with Crippen molar-refractivity contribution in [3.05, 3.63) is 53.1 Å². The van der Waals surface area contributed by atoms with Crippen LogP contribution in [-0.2, 0) is 16.1 Å². The summed E-state index contributed by atoms with van der Waals surface area (Å²) < 4.78 is 10.8. The largest absolute Gasteiger partial charge is 0.454 e. The molecule has 3 N–H and O–H groups in total. The van der Waals surface area contributed by atoms with Gasteiger partial charge in [-0.15, -0.1) is 11.8 Å². The lowest BCUT2D eigenvalue weighted by atomic mass is 9.89. The van der Waals surface area contributed by atoms with Crippen LogP contribution in [0.5, 0.6) is 11.5 Å². The number of thioether (sulfide) groups is 1. The van der Waals surface area contributed by atoms with Gasteiger partial charge in [0.15, 0.2) is 11.5 Å². The van der Waals surface area contributed by atoms with E-state index in [0.29, 0.717) is 17.3 Å². The molecule has 8 nitrogen and oxygen atoms in total. The van der Waals surface area contributed by atoms with Crippen LogP contribution in [0.1, 0.15) is 12.0 Å². The van der Waals surface area contributed by atoms with Gasteiger partial charge in [-0.2, -0.15) is 0 Å². The summed E-state index contributed by atoms with van der Waals surface area (Å²) in [5, 5.41) is 9.90. The van der Waals surface area contributed by atoms with Crippen molar-refractivity contribution in [3.8, 4) is 11.5 Å². The number of likely N-dealkylation sites (tertiary alicyclic amines) is 1. The van der Waals surface area contributed by atoms with Crippen LogP contribution in [0.2, 0.25) is 5.02 Å². The summed E-state index contributed by atoms with van der Waals surface area (Å²) >= 11 is 7.33. The molecule has 2 saturated heterocycles. The zero-order valence-corrected chi connectivity index (χ0v) is 19.5. The number of halogens is 1. The van der Waals surface area contributed by atoms with Gasteiger partial charge in [0.1, 0.15) is 5.50 Å². The van der Waals surface area contributed by atoms with Gasteiger partial charge in [-0.25, -0.2) is 0 Å². The average Bonchev–Trinajstić information content (AvgIpc) is 3.26. The highest BCUT2D eigenvalue weighted by Crippen LogP contribution is 2.33. The molecule has 33 heavy (non-hydrogen) atoms. The van der Waals surface area contributed by atoms with Gasteiger partial charge < -0.3 is 20.1 Å². The normalized spacial score (nSPS) is 24.2. The average molecular weight is 489 g/mol. The number of piperidine rings is 1. The number of ether oxygens (including phenoxy) is 2. The van der Waals surface area contributed by atoms with Gasteiger partial charge in [-0.1, -0.05) is 23.7 Å². The molecule has 2 aromatic carbocycles. The Labute approximate surface area is 201 Å². The molecule has 174 valence electrons. The Morgan fingerprint density at radius 1 is 1.21 bits per heavy atom. The van der Waals surface area contributed by atoms with Crippen LogP contribution in [0.15, 0.2) is 42.5 Å². The van der Waals surface area contributed by atoms with E-state index in [2.05, 4.69) is 20.9 Å². The molecule has 2 aromatic rings. The molecule has 3 aliphatic heterocycles. The Morgan fingerprint density at radius 2 is 2.09 bits per heavy atom. The molecular weight excluding hydrogens is 464 g/mol. The van der Waals surface area contributed by atoms with Crippen LogP contribution >= 0.6 is 23.4 Å². The molecule has 2 amide bonds. The molecule has 0 saturated carbocycles. The minimum Gasteiger partial charge on any atom is -0.454 e. The number of fused-ring (bicyclic) bond motifs is 2. The number of amides is 2. The van der Waals surface area contributed by atoms with Crippen molar-refractivity contribution in [1.29, 1.82) is 0 Å². The van der Waals surface area contributed by atoms with E-state index < -0.39 is 0 Å². The smallest absolute Gasteiger partial charge is 0.234 e. The first-order valence-electron chi connectivity index (χ1n) is 10.9. The van der Waals surface area contributed by atoms with E-state index in [0.717, 1.165) is 36.6 Å². The molecule has 0 spiro atoms. The van der Waals surface area contributed by atoms with Crippen LogP contribution in [0.25, 0.3) is 0 Å². The molecule has 3 unspecified atom stereocenters. The summed E-state index contributed by atoms with van der Waals surface area (Å²) in [6.45, 7) is 2.60. The third-order valence-electron chi connectivity index (χ3n) is 6.01. The standard InChI is InChI=1S/C23H25ClN4O4S/c24-15-2-1-3-16(9-15)25-21(29)12-33-23-26-18-6-7-28(11-17(18)22(30)27-23)10-14-4-5-19-20(8-14)32-13-31-19/h1-5,8-9,17-18,23,26H,6-7,10-13H2,(H,25,29)(H,27,30). The van der Waals surface area contributed by atoms with E-state index in [1.165, 1.54) is 11.8 Å². The minimum absolute atomic E-state index is 0.0295. The number of benzene rings is 2. The summed E-state index contributed by atoms with van der Waals surface area (Å²) in [5.74, 6) is 1.54. The van der Waals surface area contributed by atoms with E-state index in [4.69, 9.17) is 21.1 Å². The first kappa shape index (κ1) is 22.3. The van der Waals surface area contributed by atoms with Gasteiger partial charge in [0.05, 0.1) is 11.7 Å². The zero-order chi connectivity index (χ0) is 22.8. The number of carbonyl (C=O) groups is 2. The summed E-state index contributed by atoms with van der Waals surface area (Å²) in [6, 6.07) is 13.1. The van der Waals surface area contributed by atoms with Crippen molar-refractivity contribution in [2.45, 2.75) is 24.5 Å². The lowest BCUT2D eigenvalue weighted by molar-refractivity contribution is -0.130. The fraction of sp³-hybridized carbons (Fsp3) is 0.391. The molecule has 0 radical (unpaired) electrons. The van der Waals surface area contributed by atoms with E-state index in [-0.39, 0.29) is 41.8 Å². The summed E-state index contributed by atoms with van der Waals surface area (Å²) in [4.78, 5) is 27.4. The monoisotopic (exact) mass is 488 g/mol. The molecule has 3 heterocycles. The van der Waals surface area contributed by atoms with E-state index >= 15 is 0 Å². The highest BCUT2D eigenvalue weighted by molar-refractivity contribution is 8.00. The predicted octanol–water partition coefficient (Wildman–Crippen LogP) is 2.63. The molecule has 5 rings (SSSR count). The van der Waals surface area contributed by atoms with E-state index in [1.54, 1.807) is 24.3 Å². The lowest BCUT2D eigenvalue weighted by Gasteiger charge is -2.43. The van der Waals surface area contributed by atoms with Crippen molar-refractivity contribution < 1.29 is 19.1 Å². The summed E-state index contributed by atoms with van der Waals surface area (Å²) in [5.41, 5.74) is 1.51. The van der Waals surface area contributed by atoms with Crippen LogP contribution in [0.3, 0.4) is 0 Å². The second-order valence-electron chi connectivity index (χ2n) is 8.35. The Morgan fingerprint density at radius 3 is 2.97 bits per heavy atom. The van der Waals surface area contributed by atoms with Crippen molar-refractivity contribution in [1.82, 2.24) is 15.5 Å². The third-order valence-corrected chi connectivity index (χ3v) is 7.26. The van der Waals surface area contributed by atoms with Gasteiger partial charge in [-0.3, -0.25) is 19.8 Å². The number of hydrogen-bond donors (Lipinski definition) is 3. The molecule has 0 aliphatic carbocycles. The van der Waals surface area contributed by atoms with Gasteiger partial charge >= 0.3 is 0 Å². The quantitative estimate of drug-likeness (QED) is 0.575. The van der Waals surface area contributed by atoms with Crippen LogP contribution in [-0.4, -0.2) is 53.9 Å². The first-order chi connectivity index (χ1) is 16.0. The Bertz CT molecular complexity index is 1050. The second kappa shape index (κ2) is 9.80. The maximum atomic E-state index is 12.8. The minimum atomic E-state index is -0.288. The highest BCUT2D eigenvalue weighted by atomic mass is 35.5. The molecule has 2 fully saturated rings. The zero-order valence-electron chi connectivity index (χ0n) is 17.9. The number of rotatable bonds is 6. The van der Waals surface area contributed by atoms with Crippen LogP contribution < -0.4 is 25.4 Å². The Kier molecular flexibility index (Phi) is 6.64. The fourth-order valence-corrected chi connectivity index (χ4v) is 5.46. The van der Waals surface area contributed by atoms with Gasteiger partial charge in [0, 0.05) is 36.4 Å². The number of anilines is 1. The molecule has 3 aliphatic rings. The highest BCUT2D eigenvalue weighted by Gasteiger charge is 2.40. The topological polar surface area (TPSA) is 91.9 Å². The molecule has 3 atom stereocenters. The van der Waals surface area contributed by atoms with Crippen LogP contribution in [0, 0.1) is 5.92 Å². The van der Waals surface area contributed by atoms with Crippen LogP contribution in [0.4, 0.5) is 5.69 Å². The Hall–Kier alpha value is -2.46. The maximum absolute atomic E-state index is 12.8. The second-order valence-corrected chi connectivity index (χ2v) is 9.88. The summed E-state index contributed by atoms with van der Waals surface area (Å²) in [7, 11) is 0. The van der Waals surface area contributed by atoms with E-state index in [1.807, 2.05) is 18.2 Å². The van der Waals surface area contributed by atoms with Crippen molar-refractivity contribution >= 4 is 40.9 Å². The van der Waals surface area contributed by atoms with Crippen molar-refractivity contribution in [2.75, 3.05) is 31.0 Å². The molecule has 10 heteroatoms. The van der Waals surface area contributed by atoms with Crippen molar-refractivity contribution in [3.63, 3.8) is 0 Å². The van der Waals surface area contributed by atoms with E-state index in [9.17, 15) is 9.59 Å². The summed E-state index contributed by atoms with van der Waals surface area (Å²) in [6.07, 6.45) is 0.869. The molecule has 0 aromatic heterocycles. The van der Waals surface area contributed by atoms with Gasteiger partial charge in [0.2, 0.25) is 18.6 Å². The SMILES string of the molecule is O=C(CSC1NC(=O)C2CN(Cc3ccc4c(c3)OCO4)CCC2N1)Nc1cccc(Cl)c1. The number of nitrogens with zero attached hydrogens (tertiary/aromatic N) is 1. The predicted molar refractivity (Wildman–Crippen MR) is 127 cm³/mol. The van der Waals surface area contributed by atoms with Gasteiger partial charge in [-0.05, 0) is 42.3 Å². The fourth-order valence-electron chi connectivity index (χ4n) is 4.41. The van der Waals surface area contributed by atoms with Crippen molar-refractivity contribution in [2.24, 2.45) is 5.92 Å². The molecule has 0 bridgehead atoms. The van der Waals surface area contributed by atoms with Gasteiger partial charge in [0.25, 0.3) is 0 Å². The lowest BCUT2D eigenvalue weighted by Crippen LogP contribution is -2.64.